The average molecular weight is 425 g/mol. The van der Waals surface area contributed by atoms with Crippen molar-refractivity contribution in [2.75, 3.05) is 18.0 Å². The highest BCUT2D eigenvalue weighted by Gasteiger charge is 2.61. The van der Waals surface area contributed by atoms with Crippen molar-refractivity contribution in [3.05, 3.63) is 60.2 Å². The van der Waals surface area contributed by atoms with E-state index in [9.17, 15) is 13.6 Å². The van der Waals surface area contributed by atoms with Crippen LogP contribution >= 0.6 is 0 Å². The Morgan fingerprint density at radius 3 is 2.68 bits per heavy atom. The van der Waals surface area contributed by atoms with Crippen molar-refractivity contribution in [2.45, 2.75) is 43.3 Å². The second-order valence-corrected chi connectivity index (χ2v) is 8.41. The first-order valence-corrected chi connectivity index (χ1v) is 10.5. The van der Waals surface area contributed by atoms with E-state index < -0.39 is 23.8 Å². The lowest BCUT2D eigenvalue weighted by atomic mass is 9.89. The summed E-state index contributed by atoms with van der Waals surface area (Å²) < 4.78 is 36.3. The number of carbonyl (C=O) groups is 1. The fourth-order valence-corrected chi connectivity index (χ4v) is 5.19. The van der Waals surface area contributed by atoms with E-state index in [0.29, 0.717) is 31.7 Å². The molecule has 1 aromatic carbocycles. The lowest BCUT2D eigenvalue weighted by molar-refractivity contribution is -0.141. The largest absolute Gasteiger partial charge is 0.356 e. The monoisotopic (exact) mass is 425 g/mol. The van der Waals surface area contributed by atoms with Gasteiger partial charge in [0.05, 0.1) is 12.2 Å². The first-order chi connectivity index (χ1) is 15.1. The van der Waals surface area contributed by atoms with Crippen molar-refractivity contribution in [1.29, 1.82) is 0 Å². The summed E-state index contributed by atoms with van der Waals surface area (Å²) in [5.41, 5.74) is 0.0806. The predicted molar refractivity (Wildman–Crippen MR) is 108 cm³/mol. The van der Waals surface area contributed by atoms with Crippen LogP contribution in [0.15, 0.2) is 48.8 Å². The van der Waals surface area contributed by atoms with E-state index in [2.05, 4.69) is 10.1 Å². The molecule has 7 nitrogen and oxygen atoms in total. The Bertz CT molecular complexity index is 1150. The van der Waals surface area contributed by atoms with E-state index >= 15 is 0 Å². The van der Waals surface area contributed by atoms with Gasteiger partial charge in [-0.05, 0) is 11.6 Å². The number of piperidine rings is 1. The molecule has 160 valence electrons. The second kappa shape index (κ2) is 6.71. The van der Waals surface area contributed by atoms with Gasteiger partial charge in [-0.3, -0.25) is 4.79 Å². The minimum Gasteiger partial charge on any atom is -0.356 e. The summed E-state index contributed by atoms with van der Waals surface area (Å²) in [6, 6.07) is 11.0. The number of ether oxygens (including phenoxy) is 1. The smallest absolute Gasteiger partial charge is 0.257 e. The van der Waals surface area contributed by atoms with Gasteiger partial charge >= 0.3 is 0 Å². The Morgan fingerprint density at radius 2 is 1.90 bits per heavy atom. The van der Waals surface area contributed by atoms with Crippen molar-refractivity contribution in [3.63, 3.8) is 0 Å². The maximum Gasteiger partial charge on any atom is 0.257 e. The quantitative estimate of drug-likeness (QED) is 0.632. The molecule has 0 saturated carbocycles. The standard InChI is InChI=1S/C22H21F2N5O2/c23-15-12-17(14-4-2-1-3-5-14)28-20(15)31-22(21(28)30)7-10-27(11-8-22)18-6-9-25-19-16(24)13-26-29(18)19/h1-6,9,13,15,17,20H,7-8,10-12H2/t15-,17-,20+/m0/s1. The van der Waals surface area contributed by atoms with Gasteiger partial charge in [0.25, 0.3) is 5.91 Å². The summed E-state index contributed by atoms with van der Waals surface area (Å²) in [7, 11) is 0. The number of anilines is 1. The summed E-state index contributed by atoms with van der Waals surface area (Å²) in [6.07, 6.45) is 1.76. The fourth-order valence-electron chi connectivity index (χ4n) is 5.19. The number of hydrogen-bond donors (Lipinski definition) is 0. The molecule has 0 radical (unpaired) electrons. The highest BCUT2D eigenvalue weighted by molar-refractivity contribution is 5.88. The molecule has 3 atom stereocenters. The maximum atomic E-state index is 14.9. The number of nitrogens with zero attached hydrogens (tertiary/aromatic N) is 5. The minimum atomic E-state index is -1.21. The van der Waals surface area contributed by atoms with Gasteiger partial charge in [0, 0.05) is 38.5 Å². The highest BCUT2D eigenvalue weighted by atomic mass is 19.1. The zero-order valence-electron chi connectivity index (χ0n) is 16.7. The minimum absolute atomic E-state index is 0.129. The number of alkyl halides is 1. The van der Waals surface area contributed by atoms with E-state index in [1.807, 2.05) is 35.2 Å². The zero-order chi connectivity index (χ0) is 21.2. The van der Waals surface area contributed by atoms with Crippen molar-refractivity contribution in [1.82, 2.24) is 19.5 Å². The fraction of sp³-hybridized carbons (Fsp3) is 0.409. The van der Waals surface area contributed by atoms with Crippen LogP contribution in [0.2, 0.25) is 0 Å². The van der Waals surface area contributed by atoms with Gasteiger partial charge in [-0.1, -0.05) is 30.3 Å². The molecule has 1 spiro atoms. The normalized spacial score (nSPS) is 27.4. The number of carbonyl (C=O) groups excluding carboxylic acids is 1. The van der Waals surface area contributed by atoms with Crippen molar-refractivity contribution >= 4 is 17.4 Å². The Hall–Kier alpha value is -3.07. The van der Waals surface area contributed by atoms with Crippen LogP contribution in [0.4, 0.5) is 14.6 Å². The van der Waals surface area contributed by atoms with Gasteiger partial charge in [-0.2, -0.15) is 9.61 Å². The molecule has 3 aliphatic heterocycles. The molecule has 0 unspecified atom stereocenters. The van der Waals surface area contributed by atoms with E-state index in [4.69, 9.17) is 4.74 Å². The molecule has 0 aliphatic carbocycles. The zero-order valence-corrected chi connectivity index (χ0v) is 16.7. The van der Waals surface area contributed by atoms with Crippen LogP contribution in [-0.4, -0.2) is 56.5 Å². The number of fused-ring (bicyclic) bond motifs is 2. The first-order valence-electron chi connectivity index (χ1n) is 10.5. The van der Waals surface area contributed by atoms with Crippen LogP contribution in [-0.2, 0) is 9.53 Å². The number of hydrogen-bond acceptors (Lipinski definition) is 5. The van der Waals surface area contributed by atoms with Gasteiger partial charge in [0.1, 0.15) is 12.0 Å². The van der Waals surface area contributed by atoms with Crippen LogP contribution in [0, 0.1) is 5.82 Å². The summed E-state index contributed by atoms with van der Waals surface area (Å²) in [5, 5.41) is 4.08. The van der Waals surface area contributed by atoms with E-state index in [1.165, 1.54) is 4.52 Å². The third-order valence-electron chi connectivity index (χ3n) is 6.76. The topological polar surface area (TPSA) is 63.0 Å². The summed E-state index contributed by atoms with van der Waals surface area (Å²) in [5.74, 6) is 0.0996. The van der Waals surface area contributed by atoms with Crippen molar-refractivity contribution < 1.29 is 18.3 Å². The summed E-state index contributed by atoms with van der Waals surface area (Å²) in [4.78, 5) is 21.2. The molecule has 1 amide bonds. The summed E-state index contributed by atoms with van der Waals surface area (Å²) >= 11 is 0. The predicted octanol–water partition coefficient (Wildman–Crippen LogP) is 2.88. The van der Waals surface area contributed by atoms with Crippen LogP contribution in [0.3, 0.4) is 0 Å². The van der Waals surface area contributed by atoms with Crippen LogP contribution < -0.4 is 4.90 Å². The number of aromatic nitrogens is 3. The molecule has 3 saturated heterocycles. The van der Waals surface area contributed by atoms with Gasteiger partial charge in [-0.25, -0.2) is 13.8 Å². The third-order valence-corrected chi connectivity index (χ3v) is 6.76. The molecular weight excluding hydrogens is 404 g/mol. The van der Waals surface area contributed by atoms with E-state index in [-0.39, 0.29) is 24.0 Å². The molecule has 9 heteroatoms. The first kappa shape index (κ1) is 18.7. The molecule has 3 fully saturated rings. The molecule has 3 aliphatic rings. The molecule has 0 N–H and O–H groups in total. The number of amides is 1. The van der Waals surface area contributed by atoms with E-state index in [1.54, 1.807) is 17.2 Å². The van der Waals surface area contributed by atoms with Crippen LogP contribution in [0.5, 0.6) is 0 Å². The van der Waals surface area contributed by atoms with Gasteiger partial charge in [-0.15, -0.1) is 0 Å². The van der Waals surface area contributed by atoms with Gasteiger partial charge in [0.2, 0.25) is 0 Å². The lowest BCUT2D eigenvalue weighted by Crippen LogP contribution is -2.50. The van der Waals surface area contributed by atoms with Crippen molar-refractivity contribution in [3.8, 4) is 0 Å². The van der Waals surface area contributed by atoms with E-state index in [0.717, 1.165) is 11.8 Å². The summed E-state index contributed by atoms with van der Waals surface area (Å²) in [6.45, 7) is 1.03. The van der Waals surface area contributed by atoms with Gasteiger partial charge in [0.15, 0.2) is 23.3 Å². The SMILES string of the molecule is O=C1N2[C@H](OC13CCN(c1ccnc4c(F)cnn14)CC3)[C@@H](F)C[C@H]2c1ccccc1. The number of halogens is 2. The Labute approximate surface area is 177 Å². The lowest BCUT2D eigenvalue weighted by Gasteiger charge is -2.38. The van der Waals surface area contributed by atoms with Crippen LogP contribution in [0.25, 0.3) is 5.65 Å². The highest BCUT2D eigenvalue weighted by Crippen LogP contribution is 2.48. The Morgan fingerprint density at radius 1 is 1.13 bits per heavy atom. The molecule has 5 heterocycles. The van der Waals surface area contributed by atoms with Crippen LogP contribution in [0.1, 0.15) is 30.9 Å². The number of benzene rings is 1. The Balaban J connectivity index is 1.25. The molecule has 0 bridgehead atoms. The molecule has 6 rings (SSSR count). The number of rotatable bonds is 2. The Kier molecular flexibility index (Phi) is 4.05. The maximum absolute atomic E-state index is 14.9. The third kappa shape index (κ3) is 2.69. The average Bonchev–Trinajstić information content (AvgIpc) is 3.43. The second-order valence-electron chi connectivity index (χ2n) is 8.41. The molecule has 3 aromatic rings. The molecule has 2 aromatic heterocycles. The van der Waals surface area contributed by atoms with Crippen molar-refractivity contribution in [2.24, 2.45) is 0 Å². The molecule has 31 heavy (non-hydrogen) atoms. The molecular formula is C22H21F2N5O2. The van der Waals surface area contributed by atoms with Gasteiger partial charge < -0.3 is 14.5 Å².